The van der Waals surface area contributed by atoms with Gasteiger partial charge in [0.15, 0.2) is 0 Å². The average Bonchev–Trinajstić information content (AvgIpc) is 2.28. The highest BCUT2D eigenvalue weighted by Crippen LogP contribution is 1.94. The number of hydrogen-bond acceptors (Lipinski definition) is 4. The minimum Gasteiger partial charge on any atom is -0.383 e. The van der Waals surface area contributed by atoms with Crippen LogP contribution in [0.4, 0.5) is 0 Å². The van der Waals surface area contributed by atoms with Gasteiger partial charge < -0.3 is 19.9 Å². The maximum absolute atomic E-state index is 11.5. The van der Waals surface area contributed by atoms with Crippen molar-refractivity contribution in [3.05, 3.63) is 0 Å². The Morgan fingerprint density at radius 3 is 2.33 bits per heavy atom. The minimum atomic E-state index is -0.0526. The SMILES string of the molecule is COCCNC(=O)CCN(CCN(C)C)C(C)=O. The van der Waals surface area contributed by atoms with Gasteiger partial charge in [0.1, 0.15) is 0 Å². The van der Waals surface area contributed by atoms with Gasteiger partial charge in [-0.1, -0.05) is 0 Å². The van der Waals surface area contributed by atoms with Crippen molar-refractivity contribution in [1.82, 2.24) is 15.1 Å². The molecule has 1 N–H and O–H groups in total. The summed E-state index contributed by atoms with van der Waals surface area (Å²) >= 11 is 0. The molecule has 0 fully saturated rings. The fraction of sp³-hybridized carbons (Fsp3) is 0.833. The zero-order valence-corrected chi connectivity index (χ0v) is 11.9. The van der Waals surface area contributed by atoms with Crippen molar-refractivity contribution in [2.24, 2.45) is 0 Å². The van der Waals surface area contributed by atoms with E-state index < -0.39 is 0 Å². The summed E-state index contributed by atoms with van der Waals surface area (Å²) < 4.78 is 4.84. The van der Waals surface area contributed by atoms with Crippen LogP contribution in [0.5, 0.6) is 0 Å². The van der Waals surface area contributed by atoms with Crippen LogP contribution in [0, 0.1) is 0 Å². The molecule has 106 valence electrons. The van der Waals surface area contributed by atoms with Crippen LogP contribution in [0.3, 0.4) is 0 Å². The smallest absolute Gasteiger partial charge is 0.221 e. The van der Waals surface area contributed by atoms with E-state index in [1.165, 1.54) is 6.92 Å². The molecule has 0 saturated heterocycles. The molecule has 0 aliphatic carbocycles. The summed E-state index contributed by atoms with van der Waals surface area (Å²) in [7, 11) is 5.50. The second-order valence-electron chi connectivity index (χ2n) is 4.40. The average molecular weight is 259 g/mol. The van der Waals surface area contributed by atoms with Crippen molar-refractivity contribution >= 4 is 11.8 Å². The molecular weight excluding hydrogens is 234 g/mol. The van der Waals surface area contributed by atoms with Gasteiger partial charge in [-0.15, -0.1) is 0 Å². The van der Waals surface area contributed by atoms with Gasteiger partial charge in [0.05, 0.1) is 6.61 Å². The standard InChI is InChI=1S/C12H25N3O3/c1-11(16)15(9-8-14(2)3)7-5-12(17)13-6-10-18-4/h5-10H2,1-4H3,(H,13,17). The first kappa shape index (κ1) is 16.9. The van der Waals surface area contributed by atoms with Crippen LogP contribution in [-0.4, -0.2) is 75.6 Å². The Balaban J connectivity index is 3.88. The van der Waals surface area contributed by atoms with Gasteiger partial charge >= 0.3 is 0 Å². The number of rotatable bonds is 9. The quantitative estimate of drug-likeness (QED) is 0.570. The molecule has 0 radical (unpaired) electrons. The molecule has 0 aliphatic rings. The van der Waals surface area contributed by atoms with E-state index in [9.17, 15) is 9.59 Å². The summed E-state index contributed by atoms with van der Waals surface area (Å²) in [6, 6.07) is 0. The van der Waals surface area contributed by atoms with E-state index in [4.69, 9.17) is 4.74 Å². The lowest BCUT2D eigenvalue weighted by molar-refractivity contribution is -0.129. The summed E-state index contributed by atoms with van der Waals surface area (Å²) in [4.78, 5) is 26.6. The molecule has 0 spiro atoms. The first-order valence-corrected chi connectivity index (χ1v) is 6.13. The van der Waals surface area contributed by atoms with Crippen molar-refractivity contribution in [1.29, 1.82) is 0 Å². The third kappa shape index (κ3) is 8.95. The fourth-order valence-electron chi connectivity index (χ4n) is 1.36. The number of nitrogens with one attached hydrogen (secondary N) is 1. The predicted molar refractivity (Wildman–Crippen MR) is 70.3 cm³/mol. The predicted octanol–water partition coefficient (Wildman–Crippen LogP) is -0.451. The molecule has 6 heteroatoms. The summed E-state index contributed by atoms with van der Waals surface area (Å²) in [5, 5.41) is 2.73. The second-order valence-corrected chi connectivity index (χ2v) is 4.40. The topological polar surface area (TPSA) is 61.9 Å². The van der Waals surface area contributed by atoms with E-state index in [0.29, 0.717) is 32.7 Å². The van der Waals surface area contributed by atoms with Crippen molar-refractivity contribution in [3.8, 4) is 0 Å². The van der Waals surface area contributed by atoms with E-state index in [1.54, 1.807) is 12.0 Å². The Morgan fingerprint density at radius 2 is 1.83 bits per heavy atom. The molecule has 0 aliphatic heterocycles. The molecule has 0 atom stereocenters. The van der Waals surface area contributed by atoms with Crippen molar-refractivity contribution in [2.75, 3.05) is 54.0 Å². The van der Waals surface area contributed by atoms with Gasteiger partial charge in [0.2, 0.25) is 11.8 Å². The third-order valence-electron chi connectivity index (χ3n) is 2.50. The van der Waals surface area contributed by atoms with E-state index >= 15 is 0 Å². The molecule has 0 bridgehead atoms. The van der Waals surface area contributed by atoms with Gasteiger partial charge in [-0.3, -0.25) is 9.59 Å². The first-order chi connectivity index (χ1) is 8.47. The summed E-state index contributed by atoms with van der Waals surface area (Å²) in [6.07, 6.45) is 0.330. The summed E-state index contributed by atoms with van der Waals surface area (Å²) in [6.45, 7) is 4.44. The minimum absolute atomic E-state index is 0.00143. The zero-order valence-electron chi connectivity index (χ0n) is 11.9. The van der Waals surface area contributed by atoms with Crippen LogP contribution in [0.2, 0.25) is 0 Å². The molecule has 0 heterocycles. The molecule has 2 amide bonds. The Morgan fingerprint density at radius 1 is 1.17 bits per heavy atom. The second kappa shape index (κ2) is 9.85. The van der Waals surface area contributed by atoms with Gasteiger partial charge in [0.25, 0.3) is 0 Å². The van der Waals surface area contributed by atoms with Gasteiger partial charge in [0, 0.05) is 46.6 Å². The lowest BCUT2D eigenvalue weighted by atomic mass is 10.3. The highest BCUT2D eigenvalue weighted by molar-refractivity contribution is 5.77. The van der Waals surface area contributed by atoms with Crippen LogP contribution < -0.4 is 5.32 Å². The number of carbonyl (C=O) groups is 2. The van der Waals surface area contributed by atoms with E-state index in [1.807, 2.05) is 19.0 Å². The largest absolute Gasteiger partial charge is 0.383 e. The van der Waals surface area contributed by atoms with Gasteiger partial charge in [-0.2, -0.15) is 0 Å². The molecule has 0 aromatic rings. The summed E-state index contributed by atoms with van der Waals surface area (Å²) in [5.74, 6) is -0.0512. The highest BCUT2D eigenvalue weighted by Gasteiger charge is 2.10. The lowest BCUT2D eigenvalue weighted by Gasteiger charge is -2.22. The van der Waals surface area contributed by atoms with Crippen LogP contribution in [0.15, 0.2) is 0 Å². The number of amides is 2. The van der Waals surface area contributed by atoms with Crippen LogP contribution in [0.25, 0.3) is 0 Å². The number of hydrogen-bond donors (Lipinski definition) is 1. The molecule has 6 nitrogen and oxygen atoms in total. The van der Waals surface area contributed by atoms with Gasteiger partial charge in [-0.05, 0) is 14.1 Å². The van der Waals surface area contributed by atoms with Gasteiger partial charge in [-0.25, -0.2) is 0 Å². The van der Waals surface area contributed by atoms with E-state index in [-0.39, 0.29) is 11.8 Å². The van der Waals surface area contributed by atoms with Crippen molar-refractivity contribution < 1.29 is 14.3 Å². The molecule has 0 rings (SSSR count). The molecular formula is C12H25N3O3. The van der Waals surface area contributed by atoms with Crippen LogP contribution in [-0.2, 0) is 14.3 Å². The monoisotopic (exact) mass is 259 g/mol. The van der Waals surface area contributed by atoms with Crippen LogP contribution >= 0.6 is 0 Å². The van der Waals surface area contributed by atoms with Crippen LogP contribution in [0.1, 0.15) is 13.3 Å². The molecule has 0 aromatic heterocycles. The third-order valence-corrected chi connectivity index (χ3v) is 2.50. The molecule has 0 unspecified atom stereocenters. The highest BCUT2D eigenvalue weighted by atomic mass is 16.5. The Hall–Kier alpha value is -1.14. The van der Waals surface area contributed by atoms with Crippen molar-refractivity contribution in [2.45, 2.75) is 13.3 Å². The fourth-order valence-corrected chi connectivity index (χ4v) is 1.36. The molecule has 18 heavy (non-hydrogen) atoms. The summed E-state index contributed by atoms with van der Waals surface area (Å²) in [5.41, 5.74) is 0. The molecule has 0 saturated carbocycles. The zero-order chi connectivity index (χ0) is 14.0. The maximum atomic E-state index is 11.5. The lowest BCUT2D eigenvalue weighted by Crippen LogP contribution is -2.38. The van der Waals surface area contributed by atoms with Crippen molar-refractivity contribution in [3.63, 3.8) is 0 Å². The Kier molecular flexibility index (Phi) is 9.22. The number of methoxy groups -OCH3 is 1. The number of nitrogens with zero attached hydrogens (tertiary/aromatic N) is 2. The number of ether oxygens (including phenoxy) is 1. The maximum Gasteiger partial charge on any atom is 0.221 e. The molecule has 0 aromatic carbocycles. The Labute approximate surface area is 109 Å². The number of likely N-dealkylation sites (N-methyl/N-ethyl adjacent to an activating group) is 1. The van der Waals surface area contributed by atoms with E-state index in [2.05, 4.69) is 5.32 Å². The Bertz CT molecular complexity index is 257. The first-order valence-electron chi connectivity index (χ1n) is 6.13. The normalized spacial score (nSPS) is 10.5. The van der Waals surface area contributed by atoms with E-state index in [0.717, 1.165) is 6.54 Å². The number of carbonyl (C=O) groups excluding carboxylic acids is 2.